The summed E-state index contributed by atoms with van der Waals surface area (Å²) in [6.45, 7) is 0. The molecule has 0 amide bonds. The van der Waals surface area contributed by atoms with Crippen LogP contribution in [0.15, 0.2) is 17.6 Å². The molecule has 0 saturated heterocycles. The zero-order valence-electron chi connectivity index (χ0n) is 4.91. The van der Waals surface area contributed by atoms with Crippen LogP contribution in [0.4, 0.5) is 0 Å². The van der Waals surface area contributed by atoms with Crippen molar-refractivity contribution in [3.05, 3.63) is 22.9 Å². The second kappa shape index (κ2) is 2.18. The van der Waals surface area contributed by atoms with Crippen LogP contribution in [-0.2, 0) is 0 Å². The lowest BCUT2D eigenvalue weighted by Crippen LogP contribution is -1.77. The minimum atomic E-state index is 0.315. The zero-order chi connectivity index (χ0) is 6.97. The summed E-state index contributed by atoms with van der Waals surface area (Å²) >= 11 is 7.13. The van der Waals surface area contributed by atoms with Gasteiger partial charge in [-0.1, -0.05) is 0 Å². The molecular formula is C6H3ClN2S. The van der Waals surface area contributed by atoms with Gasteiger partial charge >= 0.3 is 0 Å². The van der Waals surface area contributed by atoms with E-state index in [1.165, 1.54) is 0 Å². The number of halogens is 1. The van der Waals surface area contributed by atoms with E-state index in [1.54, 1.807) is 17.5 Å². The fraction of sp³-hybridized carbons (Fsp3) is 0. The van der Waals surface area contributed by atoms with Crippen LogP contribution in [0.2, 0.25) is 5.28 Å². The van der Waals surface area contributed by atoms with E-state index in [1.807, 2.05) is 11.4 Å². The average Bonchev–Trinajstić information content (AvgIpc) is 2.33. The molecule has 50 valence electrons. The SMILES string of the molecule is Clc1ncc2ccsc2n1. The van der Waals surface area contributed by atoms with E-state index in [0.717, 1.165) is 10.2 Å². The Morgan fingerprint density at radius 3 is 3.30 bits per heavy atom. The van der Waals surface area contributed by atoms with Gasteiger partial charge in [-0.05, 0) is 23.0 Å². The van der Waals surface area contributed by atoms with Crippen molar-refractivity contribution in [3.63, 3.8) is 0 Å². The third-order valence-corrected chi connectivity index (χ3v) is 2.18. The lowest BCUT2D eigenvalue weighted by molar-refractivity contribution is 1.23. The summed E-state index contributed by atoms with van der Waals surface area (Å²) in [5.41, 5.74) is 0. The predicted octanol–water partition coefficient (Wildman–Crippen LogP) is 2.34. The minimum Gasteiger partial charge on any atom is -0.226 e. The van der Waals surface area contributed by atoms with Gasteiger partial charge in [-0.2, -0.15) is 0 Å². The van der Waals surface area contributed by atoms with Crippen LogP contribution in [0, 0.1) is 0 Å². The van der Waals surface area contributed by atoms with E-state index in [9.17, 15) is 0 Å². The average molecular weight is 171 g/mol. The number of hydrogen-bond acceptors (Lipinski definition) is 3. The lowest BCUT2D eigenvalue weighted by Gasteiger charge is -1.86. The summed E-state index contributed by atoms with van der Waals surface area (Å²) in [5.74, 6) is 0. The maximum atomic E-state index is 5.56. The number of thiophene rings is 1. The van der Waals surface area contributed by atoms with E-state index in [2.05, 4.69) is 9.97 Å². The predicted molar refractivity (Wildman–Crippen MR) is 42.4 cm³/mol. The van der Waals surface area contributed by atoms with Gasteiger partial charge in [0.1, 0.15) is 4.83 Å². The summed E-state index contributed by atoms with van der Waals surface area (Å²) < 4.78 is 0. The Kier molecular flexibility index (Phi) is 1.32. The van der Waals surface area contributed by atoms with Crippen molar-refractivity contribution in [2.75, 3.05) is 0 Å². The van der Waals surface area contributed by atoms with Gasteiger partial charge < -0.3 is 0 Å². The molecule has 0 aliphatic rings. The van der Waals surface area contributed by atoms with Crippen LogP contribution in [0.5, 0.6) is 0 Å². The fourth-order valence-corrected chi connectivity index (χ4v) is 1.66. The molecule has 2 nitrogen and oxygen atoms in total. The second-order valence-corrected chi connectivity index (χ2v) is 3.05. The van der Waals surface area contributed by atoms with E-state index >= 15 is 0 Å². The van der Waals surface area contributed by atoms with Gasteiger partial charge in [0, 0.05) is 11.6 Å². The molecule has 2 heterocycles. The fourth-order valence-electron chi connectivity index (χ4n) is 0.736. The molecule has 0 spiro atoms. The summed E-state index contributed by atoms with van der Waals surface area (Å²) in [7, 11) is 0. The van der Waals surface area contributed by atoms with Crippen molar-refractivity contribution in [2.24, 2.45) is 0 Å². The number of rotatable bonds is 0. The highest BCUT2D eigenvalue weighted by atomic mass is 35.5. The van der Waals surface area contributed by atoms with Crippen LogP contribution >= 0.6 is 22.9 Å². The quantitative estimate of drug-likeness (QED) is 0.568. The first-order chi connectivity index (χ1) is 4.86. The number of fused-ring (bicyclic) bond motifs is 1. The molecule has 0 aromatic carbocycles. The van der Waals surface area contributed by atoms with Crippen molar-refractivity contribution in [1.29, 1.82) is 0 Å². The second-order valence-electron chi connectivity index (χ2n) is 1.82. The molecule has 0 saturated carbocycles. The van der Waals surface area contributed by atoms with Crippen LogP contribution in [0.3, 0.4) is 0 Å². The number of hydrogen-bond donors (Lipinski definition) is 0. The Labute approximate surface area is 66.5 Å². The van der Waals surface area contributed by atoms with E-state index in [4.69, 9.17) is 11.6 Å². The summed E-state index contributed by atoms with van der Waals surface area (Å²) in [6, 6.07) is 1.97. The highest BCUT2D eigenvalue weighted by molar-refractivity contribution is 7.16. The molecule has 10 heavy (non-hydrogen) atoms. The topological polar surface area (TPSA) is 25.8 Å². The highest BCUT2D eigenvalue weighted by Crippen LogP contribution is 2.17. The monoisotopic (exact) mass is 170 g/mol. The van der Waals surface area contributed by atoms with E-state index < -0.39 is 0 Å². The van der Waals surface area contributed by atoms with Gasteiger partial charge in [0.25, 0.3) is 0 Å². The third-order valence-electron chi connectivity index (χ3n) is 1.18. The van der Waals surface area contributed by atoms with Crippen molar-refractivity contribution < 1.29 is 0 Å². The van der Waals surface area contributed by atoms with Crippen molar-refractivity contribution in [1.82, 2.24) is 9.97 Å². The van der Waals surface area contributed by atoms with Gasteiger partial charge in [-0.3, -0.25) is 0 Å². The summed E-state index contributed by atoms with van der Waals surface area (Å²) in [4.78, 5) is 8.79. The Bertz CT molecular complexity index is 357. The normalized spacial score (nSPS) is 10.5. The Morgan fingerprint density at radius 2 is 2.40 bits per heavy atom. The molecule has 0 bridgehead atoms. The molecule has 4 heteroatoms. The number of nitrogens with zero attached hydrogens (tertiary/aromatic N) is 2. The molecule has 2 aromatic heterocycles. The Balaban J connectivity index is 2.86. The molecular weight excluding hydrogens is 168 g/mol. The largest absolute Gasteiger partial charge is 0.226 e. The molecule has 0 radical (unpaired) electrons. The van der Waals surface area contributed by atoms with E-state index in [0.29, 0.717) is 5.28 Å². The van der Waals surface area contributed by atoms with E-state index in [-0.39, 0.29) is 0 Å². The van der Waals surface area contributed by atoms with Gasteiger partial charge in [-0.25, -0.2) is 9.97 Å². The Morgan fingerprint density at radius 1 is 1.50 bits per heavy atom. The third kappa shape index (κ3) is 0.874. The zero-order valence-corrected chi connectivity index (χ0v) is 6.49. The maximum Gasteiger partial charge on any atom is 0.223 e. The molecule has 0 fully saturated rings. The lowest BCUT2D eigenvalue weighted by atomic mass is 10.4. The summed E-state index contributed by atoms with van der Waals surface area (Å²) in [5, 5.41) is 3.33. The van der Waals surface area contributed by atoms with Crippen molar-refractivity contribution in [3.8, 4) is 0 Å². The van der Waals surface area contributed by atoms with Crippen molar-refractivity contribution in [2.45, 2.75) is 0 Å². The van der Waals surface area contributed by atoms with Crippen LogP contribution < -0.4 is 0 Å². The van der Waals surface area contributed by atoms with Crippen LogP contribution in [0.1, 0.15) is 0 Å². The first-order valence-electron chi connectivity index (χ1n) is 2.72. The first kappa shape index (κ1) is 6.07. The first-order valence-corrected chi connectivity index (χ1v) is 3.98. The van der Waals surface area contributed by atoms with Crippen molar-refractivity contribution >= 4 is 33.2 Å². The standard InChI is InChI=1S/C6H3ClN2S/c7-6-8-3-4-1-2-10-5(4)9-6/h1-3H. The Hall–Kier alpha value is -0.670. The molecule has 2 aromatic rings. The molecule has 0 atom stereocenters. The molecule has 0 aliphatic heterocycles. The summed E-state index contributed by atoms with van der Waals surface area (Å²) in [6.07, 6.45) is 1.72. The minimum absolute atomic E-state index is 0.315. The molecule has 0 N–H and O–H groups in total. The van der Waals surface area contributed by atoms with Gasteiger partial charge in [-0.15, -0.1) is 11.3 Å². The van der Waals surface area contributed by atoms with Gasteiger partial charge in [0.15, 0.2) is 0 Å². The smallest absolute Gasteiger partial charge is 0.223 e. The van der Waals surface area contributed by atoms with Gasteiger partial charge in [0.2, 0.25) is 5.28 Å². The molecule has 0 unspecified atom stereocenters. The van der Waals surface area contributed by atoms with Gasteiger partial charge in [0.05, 0.1) is 0 Å². The molecule has 2 rings (SSSR count). The molecule has 0 aliphatic carbocycles. The number of aromatic nitrogens is 2. The highest BCUT2D eigenvalue weighted by Gasteiger charge is 1.96. The van der Waals surface area contributed by atoms with Crippen LogP contribution in [0.25, 0.3) is 10.2 Å². The maximum absolute atomic E-state index is 5.56. The van der Waals surface area contributed by atoms with Crippen LogP contribution in [-0.4, -0.2) is 9.97 Å².